The van der Waals surface area contributed by atoms with Crippen LogP contribution in [-0.2, 0) is 0 Å². The molecule has 1 radical (unpaired) electrons. The van der Waals surface area contributed by atoms with Crippen LogP contribution in [0.5, 0.6) is 0 Å². The molecule has 59 valence electrons. The Morgan fingerprint density at radius 3 is 2.09 bits per heavy atom. The molecule has 0 N–H and O–H groups in total. The summed E-state index contributed by atoms with van der Waals surface area (Å²) in [6, 6.07) is 11.3. The molecule has 1 rings (SSSR count). The molecular weight excluding hydrogens is 132 g/mol. The minimum Gasteiger partial charge on any atom is -0.0622 e. The Labute approximate surface area is 69.3 Å². The molecule has 1 unspecified atom stereocenters. The fourth-order valence-corrected chi connectivity index (χ4v) is 1.09. The minimum absolute atomic E-state index is 0.657. The van der Waals surface area contributed by atoms with E-state index in [-0.39, 0.29) is 0 Å². The van der Waals surface area contributed by atoms with Crippen molar-refractivity contribution < 1.29 is 0 Å². The van der Waals surface area contributed by atoms with Crippen LogP contribution in [0.2, 0.25) is 0 Å². The summed E-state index contributed by atoms with van der Waals surface area (Å²) >= 11 is 0. The molecule has 0 saturated heterocycles. The molecule has 11 heavy (non-hydrogen) atoms. The molecule has 1 aromatic rings. The maximum Gasteiger partial charge on any atom is -0.0167 e. The predicted octanol–water partition coefficient (Wildman–Crippen LogP) is 3.25. The zero-order chi connectivity index (χ0) is 8.27. The molecule has 0 bridgehead atoms. The highest BCUT2D eigenvalue weighted by molar-refractivity contribution is 5.18. The highest BCUT2D eigenvalue weighted by Crippen LogP contribution is 2.22. The molecule has 0 aliphatic carbocycles. The zero-order valence-corrected chi connectivity index (χ0v) is 7.46. The molecule has 1 atom stereocenters. The van der Waals surface area contributed by atoms with Gasteiger partial charge in [0.15, 0.2) is 0 Å². The van der Waals surface area contributed by atoms with Crippen molar-refractivity contribution in [3.63, 3.8) is 0 Å². The summed E-state index contributed by atoms with van der Waals surface area (Å²) in [5, 5.41) is 0. The van der Waals surface area contributed by atoms with Crippen LogP contribution in [-0.4, -0.2) is 0 Å². The fraction of sp³-hybridized carbons (Fsp3) is 0.455. The molecule has 0 aliphatic rings. The molecule has 0 fully saturated rings. The second-order valence-electron chi connectivity index (χ2n) is 3.37. The number of hydrogen-bond donors (Lipinski definition) is 0. The van der Waals surface area contributed by atoms with Gasteiger partial charge in [-0.25, -0.2) is 0 Å². The van der Waals surface area contributed by atoms with E-state index in [1.165, 1.54) is 5.56 Å². The number of rotatable bonds is 2. The van der Waals surface area contributed by atoms with E-state index >= 15 is 0 Å². The Morgan fingerprint density at radius 2 is 1.64 bits per heavy atom. The topological polar surface area (TPSA) is 0 Å². The maximum absolute atomic E-state index is 3.03. The Hall–Kier alpha value is -0.780. The monoisotopic (exact) mass is 147 g/mol. The first-order valence-electron chi connectivity index (χ1n) is 4.18. The molecule has 0 heteroatoms. The third-order valence-electron chi connectivity index (χ3n) is 2.27. The maximum atomic E-state index is 3.03. The third-order valence-corrected chi connectivity index (χ3v) is 2.27. The van der Waals surface area contributed by atoms with Crippen molar-refractivity contribution in [3.05, 3.63) is 35.9 Å². The highest BCUT2D eigenvalue weighted by atomic mass is 14.1. The summed E-state index contributed by atoms with van der Waals surface area (Å²) in [6.07, 6.45) is 0. The number of benzene rings is 1. The van der Waals surface area contributed by atoms with Gasteiger partial charge in [0.25, 0.3) is 0 Å². The smallest absolute Gasteiger partial charge is 0.0167 e. The van der Waals surface area contributed by atoms with Crippen LogP contribution in [0, 0.1) is 12.0 Å². The minimum atomic E-state index is 0.657. The Bertz CT molecular complexity index is 199. The summed E-state index contributed by atoms with van der Waals surface area (Å²) in [5.41, 5.74) is 1.42. The summed E-state index contributed by atoms with van der Waals surface area (Å²) < 4.78 is 0. The quantitative estimate of drug-likeness (QED) is 0.602. The van der Waals surface area contributed by atoms with E-state index in [1.54, 1.807) is 0 Å². The van der Waals surface area contributed by atoms with Crippen molar-refractivity contribution in [1.82, 2.24) is 0 Å². The lowest BCUT2D eigenvalue weighted by atomic mass is 9.91. The van der Waals surface area contributed by atoms with Crippen molar-refractivity contribution in [2.24, 2.45) is 5.92 Å². The Kier molecular flexibility index (Phi) is 2.70. The van der Waals surface area contributed by atoms with Gasteiger partial charge >= 0.3 is 0 Å². The molecule has 0 aliphatic heterocycles. The largest absolute Gasteiger partial charge is 0.0622 e. The predicted molar refractivity (Wildman–Crippen MR) is 48.5 cm³/mol. The SMILES string of the molecule is CC(C)C(C)c1cc[c]cc1. The Morgan fingerprint density at radius 1 is 1.09 bits per heavy atom. The van der Waals surface area contributed by atoms with Gasteiger partial charge in [0.05, 0.1) is 0 Å². The standard InChI is InChI=1S/C11H15/c1-9(2)10(3)11-7-5-4-6-8-11/h5-10H,1-3H3. The van der Waals surface area contributed by atoms with Crippen molar-refractivity contribution >= 4 is 0 Å². The van der Waals surface area contributed by atoms with Gasteiger partial charge in [-0.2, -0.15) is 0 Å². The molecule has 0 aromatic heterocycles. The van der Waals surface area contributed by atoms with Crippen LogP contribution in [0.15, 0.2) is 24.3 Å². The molecule has 0 nitrogen and oxygen atoms in total. The van der Waals surface area contributed by atoms with Crippen LogP contribution in [0.1, 0.15) is 32.3 Å². The van der Waals surface area contributed by atoms with Crippen molar-refractivity contribution in [1.29, 1.82) is 0 Å². The first-order chi connectivity index (χ1) is 5.22. The summed E-state index contributed by atoms with van der Waals surface area (Å²) in [6.45, 7) is 6.77. The normalized spacial score (nSPS) is 13.5. The van der Waals surface area contributed by atoms with Gasteiger partial charge in [0.2, 0.25) is 0 Å². The van der Waals surface area contributed by atoms with E-state index in [2.05, 4.69) is 39.0 Å². The van der Waals surface area contributed by atoms with E-state index in [4.69, 9.17) is 0 Å². The number of hydrogen-bond acceptors (Lipinski definition) is 0. The lowest BCUT2D eigenvalue weighted by molar-refractivity contribution is 0.535. The lowest BCUT2D eigenvalue weighted by Crippen LogP contribution is -2.00. The van der Waals surface area contributed by atoms with Crippen LogP contribution >= 0.6 is 0 Å². The molecule has 0 spiro atoms. The van der Waals surface area contributed by atoms with Crippen molar-refractivity contribution in [3.8, 4) is 0 Å². The van der Waals surface area contributed by atoms with Gasteiger partial charge in [-0.3, -0.25) is 0 Å². The Balaban J connectivity index is 2.77. The summed E-state index contributed by atoms with van der Waals surface area (Å²) in [4.78, 5) is 0. The van der Waals surface area contributed by atoms with Gasteiger partial charge in [-0.1, -0.05) is 45.0 Å². The van der Waals surface area contributed by atoms with Crippen LogP contribution in [0.3, 0.4) is 0 Å². The third kappa shape index (κ3) is 2.07. The van der Waals surface area contributed by atoms with Gasteiger partial charge in [-0.05, 0) is 23.5 Å². The van der Waals surface area contributed by atoms with Gasteiger partial charge < -0.3 is 0 Å². The van der Waals surface area contributed by atoms with Gasteiger partial charge in [0.1, 0.15) is 0 Å². The molecular formula is C11H15. The van der Waals surface area contributed by atoms with Gasteiger partial charge in [0, 0.05) is 0 Å². The highest BCUT2D eigenvalue weighted by Gasteiger charge is 2.07. The van der Waals surface area contributed by atoms with E-state index in [0.717, 1.165) is 5.92 Å². The molecule has 0 heterocycles. The second-order valence-corrected chi connectivity index (χ2v) is 3.37. The molecule has 1 aromatic carbocycles. The van der Waals surface area contributed by atoms with Crippen molar-refractivity contribution in [2.45, 2.75) is 26.7 Å². The van der Waals surface area contributed by atoms with Gasteiger partial charge in [-0.15, -0.1) is 0 Å². The molecule has 0 amide bonds. The second kappa shape index (κ2) is 3.56. The first-order valence-corrected chi connectivity index (χ1v) is 4.18. The molecule has 0 saturated carbocycles. The van der Waals surface area contributed by atoms with Crippen LogP contribution < -0.4 is 0 Å². The van der Waals surface area contributed by atoms with E-state index in [1.807, 2.05) is 12.1 Å². The van der Waals surface area contributed by atoms with Crippen molar-refractivity contribution in [2.75, 3.05) is 0 Å². The summed E-state index contributed by atoms with van der Waals surface area (Å²) in [7, 11) is 0. The van der Waals surface area contributed by atoms with E-state index in [0.29, 0.717) is 5.92 Å². The average Bonchev–Trinajstić information content (AvgIpc) is 2.05. The first kappa shape index (κ1) is 8.32. The van der Waals surface area contributed by atoms with E-state index in [9.17, 15) is 0 Å². The summed E-state index contributed by atoms with van der Waals surface area (Å²) in [5.74, 6) is 1.38. The van der Waals surface area contributed by atoms with E-state index < -0.39 is 0 Å². The zero-order valence-electron chi connectivity index (χ0n) is 7.46. The lowest BCUT2D eigenvalue weighted by Gasteiger charge is -2.15. The fourth-order valence-electron chi connectivity index (χ4n) is 1.09. The van der Waals surface area contributed by atoms with Crippen LogP contribution in [0.4, 0.5) is 0 Å². The van der Waals surface area contributed by atoms with Crippen LogP contribution in [0.25, 0.3) is 0 Å². The average molecular weight is 147 g/mol.